The Hall–Kier alpha value is -3.41. The van der Waals surface area contributed by atoms with E-state index < -0.39 is 0 Å². The number of aryl methyl sites for hydroxylation is 1. The van der Waals surface area contributed by atoms with Crippen LogP contribution in [0.2, 0.25) is 0 Å². The number of benzene rings is 2. The number of rotatable bonds is 4. The third-order valence-electron chi connectivity index (χ3n) is 5.41. The van der Waals surface area contributed by atoms with Crippen molar-refractivity contribution in [1.29, 1.82) is 0 Å². The van der Waals surface area contributed by atoms with E-state index in [4.69, 9.17) is 0 Å². The van der Waals surface area contributed by atoms with Crippen LogP contribution in [0.25, 0.3) is 11.3 Å². The number of hydrogen-bond donors (Lipinski definition) is 2. The van der Waals surface area contributed by atoms with Crippen molar-refractivity contribution in [3.63, 3.8) is 0 Å². The first-order valence-electron chi connectivity index (χ1n) is 10.5. The molecule has 2 heterocycles. The fraction of sp³-hybridized carbons (Fsp3) is 0.292. The maximum absolute atomic E-state index is 12.3. The largest absolute Gasteiger partial charge is 0.355 e. The number of urea groups is 1. The molecule has 6 nitrogen and oxygen atoms in total. The van der Waals surface area contributed by atoms with Gasteiger partial charge in [0.1, 0.15) is 0 Å². The van der Waals surface area contributed by atoms with Crippen LogP contribution in [0.5, 0.6) is 0 Å². The van der Waals surface area contributed by atoms with E-state index in [0.29, 0.717) is 0 Å². The van der Waals surface area contributed by atoms with Crippen molar-refractivity contribution in [3.8, 4) is 11.3 Å². The molecule has 3 aromatic rings. The first-order valence-corrected chi connectivity index (χ1v) is 10.5. The fourth-order valence-electron chi connectivity index (χ4n) is 3.67. The van der Waals surface area contributed by atoms with Crippen molar-refractivity contribution in [2.45, 2.75) is 32.6 Å². The Morgan fingerprint density at radius 2 is 1.57 bits per heavy atom. The van der Waals surface area contributed by atoms with Crippen molar-refractivity contribution in [3.05, 3.63) is 66.2 Å². The molecule has 2 N–H and O–H groups in total. The van der Waals surface area contributed by atoms with E-state index in [-0.39, 0.29) is 6.03 Å². The molecule has 0 bridgehead atoms. The number of nitrogens with one attached hydrogen (secondary N) is 2. The molecule has 1 fully saturated rings. The highest BCUT2D eigenvalue weighted by atomic mass is 16.2. The Labute approximate surface area is 177 Å². The molecule has 0 unspecified atom stereocenters. The first kappa shape index (κ1) is 19.9. The lowest BCUT2D eigenvalue weighted by Gasteiger charge is -2.20. The average molecular weight is 402 g/mol. The number of carbonyl (C=O) groups is 1. The van der Waals surface area contributed by atoms with Crippen LogP contribution in [0, 0.1) is 6.92 Å². The Morgan fingerprint density at radius 1 is 0.833 bits per heavy atom. The second-order valence-electron chi connectivity index (χ2n) is 7.65. The lowest BCUT2D eigenvalue weighted by molar-refractivity contribution is 0.262. The lowest BCUT2D eigenvalue weighted by atomic mass is 10.1. The number of amides is 2. The van der Waals surface area contributed by atoms with Gasteiger partial charge in [-0.15, -0.1) is 10.2 Å². The maximum Gasteiger partial charge on any atom is 0.323 e. The molecule has 0 spiro atoms. The molecule has 30 heavy (non-hydrogen) atoms. The summed E-state index contributed by atoms with van der Waals surface area (Å²) < 4.78 is 0. The highest BCUT2D eigenvalue weighted by Gasteiger charge is 2.12. The fourth-order valence-corrected chi connectivity index (χ4v) is 3.67. The summed E-state index contributed by atoms with van der Waals surface area (Å²) in [5.74, 6) is 0.951. The molecule has 154 valence electrons. The standard InChI is InChI=1S/C24H27N5O/c1-18-8-4-5-9-21(18)26-24(30)25-20-12-10-19(11-13-20)22-14-15-23(28-27-22)29-16-6-2-3-7-17-29/h4-5,8-15H,2-3,6-7,16-17H2,1H3,(H2,25,26,30). The highest BCUT2D eigenvalue weighted by molar-refractivity contribution is 6.00. The molecule has 1 aliphatic rings. The minimum Gasteiger partial charge on any atom is -0.355 e. The van der Waals surface area contributed by atoms with E-state index in [1.165, 1.54) is 25.7 Å². The van der Waals surface area contributed by atoms with Crippen LogP contribution in [-0.2, 0) is 0 Å². The molecular formula is C24H27N5O. The van der Waals surface area contributed by atoms with Gasteiger partial charge in [-0.1, -0.05) is 43.2 Å². The zero-order chi connectivity index (χ0) is 20.8. The molecule has 1 aromatic heterocycles. The number of aromatic nitrogens is 2. The molecule has 0 saturated carbocycles. The Bertz CT molecular complexity index is 977. The summed E-state index contributed by atoms with van der Waals surface area (Å²) in [7, 11) is 0. The van der Waals surface area contributed by atoms with Gasteiger partial charge in [0.25, 0.3) is 0 Å². The van der Waals surface area contributed by atoms with E-state index in [0.717, 1.165) is 47.1 Å². The second kappa shape index (κ2) is 9.39. The van der Waals surface area contributed by atoms with Crippen molar-refractivity contribution in [2.75, 3.05) is 28.6 Å². The lowest BCUT2D eigenvalue weighted by Crippen LogP contribution is -2.25. The van der Waals surface area contributed by atoms with E-state index in [1.807, 2.05) is 61.5 Å². The average Bonchev–Trinajstić information content (AvgIpc) is 3.06. The van der Waals surface area contributed by atoms with E-state index >= 15 is 0 Å². The van der Waals surface area contributed by atoms with Crippen LogP contribution in [0.3, 0.4) is 0 Å². The zero-order valence-corrected chi connectivity index (χ0v) is 17.3. The molecule has 0 atom stereocenters. The Morgan fingerprint density at radius 3 is 2.23 bits per heavy atom. The molecule has 2 amide bonds. The molecule has 0 radical (unpaired) electrons. The summed E-state index contributed by atoms with van der Waals surface area (Å²) in [6.45, 7) is 4.07. The van der Waals surface area contributed by atoms with Gasteiger partial charge in [-0.3, -0.25) is 0 Å². The number of anilines is 3. The van der Waals surface area contributed by atoms with Crippen molar-refractivity contribution in [2.24, 2.45) is 0 Å². The number of hydrogen-bond acceptors (Lipinski definition) is 4. The molecule has 1 saturated heterocycles. The van der Waals surface area contributed by atoms with Gasteiger partial charge >= 0.3 is 6.03 Å². The minimum atomic E-state index is -0.265. The summed E-state index contributed by atoms with van der Waals surface area (Å²) in [6, 6.07) is 19.1. The highest BCUT2D eigenvalue weighted by Crippen LogP contribution is 2.22. The van der Waals surface area contributed by atoms with Crippen molar-refractivity contribution in [1.82, 2.24) is 10.2 Å². The number of carbonyl (C=O) groups excluding carboxylic acids is 1. The molecule has 2 aromatic carbocycles. The van der Waals surface area contributed by atoms with Crippen LogP contribution >= 0.6 is 0 Å². The van der Waals surface area contributed by atoms with Crippen LogP contribution in [0.1, 0.15) is 31.2 Å². The summed E-state index contributed by atoms with van der Waals surface area (Å²) in [5.41, 5.74) is 4.33. The van der Waals surface area contributed by atoms with Gasteiger partial charge in [0, 0.05) is 30.0 Å². The Balaban J connectivity index is 1.38. The minimum absolute atomic E-state index is 0.265. The van der Waals surface area contributed by atoms with Crippen LogP contribution < -0.4 is 15.5 Å². The summed E-state index contributed by atoms with van der Waals surface area (Å²) in [5, 5.41) is 14.6. The summed E-state index contributed by atoms with van der Waals surface area (Å²) >= 11 is 0. The van der Waals surface area contributed by atoms with Gasteiger partial charge in [-0.25, -0.2) is 4.79 Å². The molecule has 4 rings (SSSR count). The number of nitrogens with zero attached hydrogens (tertiary/aromatic N) is 3. The number of para-hydroxylation sites is 1. The summed E-state index contributed by atoms with van der Waals surface area (Å²) in [6.07, 6.45) is 5.03. The third kappa shape index (κ3) is 4.95. The zero-order valence-electron chi connectivity index (χ0n) is 17.3. The van der Waals surface area contributed by atoms with E-state index in [2.05, 4.69) is 31.8 Å². The monoisotopic (exact) mass is 401 g/mol. The normalized spacial score (nSPS) is 14.1. The predicted molar refractivity (Wildman–Crippen MR) is 122 cm³/mol. The molecule has 6 heteroatoms. The van der Waals surface area contributed by atoms with Gasteiger partial charge in [0.2, 0.25) is 0 Å². The van der Waals surface area contributed by atoms with Gasteiger partial charge in [-0.2, -0.15) is 0 Å². The third-order valence-corrected chi connectivity index (χ3v) is 5.41. The molecule has 0 aliphatic carbocycles. The van der Waals surface area contributed by atoms with Gasteiger partial charge in [-0.05, 0) is 55.7 Å². The first-order chi connectivity index (χ1) is 14.7. The van der Waals surface area contributed by atoms with E-state index in [9.17, 15) is 4.79 Å². The SMILES string of the molecule is Cc1ccccc1NC(=O)Nc1ccc(-c2ccc(N3CCCCCC3)nn2)cc1. The molecule has 1 aliphatic heterocycles. The predicted octanol–water partition coefficient (Wildman–Crippen LogP) is 5.48. The second-order valence-corrected chi connectivity index (χ2v) is 7.65. The van der Waals surface area contributed by atoms with Gasteiger partial charge in [0.15, 0.2) is 5.82 Å². The topological polar surface area (TPSA) is 70.2 Å². The summed E-state index contributed by atoms with van der Waals surface area (Å²) in [4.78, 5) is 14.6. The van der Waals surface area contributed by atoms with E-state index in [1.54, 1.807) is 0 Å². The van der Waals surface area contributed by atoms with Gasteiger partial charge < -0.3 is 15.5 Å². The van der Waals surface area contributed by atoms with Crippen LogP contribution in [0.4, 0.5) is 22.0 Å². The molecular weight excluding hydrogens is 374 g/mol. The Kier molecular flexibility index (Phi) is 6.23. The van der Waals surface area contributed by atoms with Crippen molar-refractivity contribution >= 4 is 23.2 Å². The van der Waals surface area contributed by atoms with Gasteiger partial charge in [0.05, 0.1) is 5.69 Å². The smallest absolute Gasteiger partial charge is 0.323 e. The van der Waals surface area contributed by atoms with Crippen molar-refractivity contribution < 1.29 is 4.79 Å². The quantitative estimate of drug-likeness (QED) is 0.608. The maximum atomic E-state index is 12.3. The van der Waals surface area contributed by atoms with Crippen LogP contribution in [0.15, 0.2) is 60.7 Å². The van der Waals surface area contributed by atoms with Crippen LogP contribution in [-0.4, -0.2) is 29.3 Å².